The van der Waals surface area contributed by atoms with Gasteiger partial charge in [-0.1, -0.05) is 60.7 Å². The molecular weight excluding hydrogens is 684 g/mol. The maximum Gasteiger partial charge on any atom is 0.407 e. The van der Waals surface area contributed by atoms with E-state index >= 15 is 0 Å². The molecule has 0 saturated carbocycles. The number of aliphatic hydroxyl groups is 1. The summed E-state index contributed by atoms with van der Waals surface area (Å²) in [6, 6.07) is 20.3. The van der Waals surface area contributed by atoms with Crippen molar-refractivity contribution in [2.75, 3.05) is 32.7 Å². The predicted octanol–water partition coefficient (Wildman–Crippen LogP) is 3.97. The van der Waals surface area contributed by atoms with Crippen LogP contribution in [0.1, 0.15) is 75.3 Å². The van der Waals surface area contributed by atoms with Crippen molar-refractivity contribution in [3.63, 3.8) is 0 Å². The first-order chi connectivity index (χ1) is 25.8. The Morgan fingerprint density at radius 1 is 0.981 bits per heavy atom. The SMILES string of the molecule is CC(=O)CCCNC(=O)O[C@@H]1Cc2ccccc2[C@@H]1NC(=O)[C@H](Cc1ccccc1)C[C@H](O)CN1CCN(Cc2cccnc2)C[C@H]1C(=O)NC(C)(C)C. The van der Waals surface area contributed by atoms with E-state index in [0.717, 1.165) is 22.3 Å². The topological polar surface area (TPSA) is 153 Å². The molecule has 12 nitrogen and oxygen atoms in total. The standard InChI is InChI=1S/C42H56N6O6/c1-29(49)12-10-19-44-41(53)54-37-24-32-16-8-9-17-35(32)38(37)45-39(51)33(22-30-13-6-5-7-14-30)23-34(50)27-48-21-20-47(26-31-15-11-18-43-25-31)28-36(48)40(52)46-42(2,3)4/h5-9,11,13-18,25,33-34,36-38,50H,10,12,19-24,26-28H2,1-4H3,(H,44,53)(H,45,51)(H,46,52)/t33-,34+,36+,37-,38+/m1/s1. The highest BCUT2D eigenvalue weighted by Gasteiger charge is 2.39. The maximum atomic E-state index is 14.3. The second kappa shape index (κ2) is 19.1. The Bertz CT molecular complexity index is 1700. The first-order valence-corrected chi connectivity index (χ1v) is 19.1. The van der Waals surface area contributed by atoms with Gasteiger partial charge in [-0.3, -0.25) is 24.4 Å². The zero-order valence-corrected chi connectivity index (χ0v) is 32.0. The molecule has 2 aromatic carbocycles. The molecule has 3 aromatic rings. The van der Waals surface area contributed by atoms with Crippen molar-refractivity contribution in [3.05, 3.63) is 101 Å². The number of pyridine rings is 1. The summed E-state index contributed by atoms with van der Waals surface area (Å²) in [5.74, 6) is -0.902. The summed E-state index contributed by atoms with van der Waals surface area (Å²) in [6.07, 6.45) is 3.34. The smallest absolute Gasteiger partial charge is 0.407 e. The number of nitrogens with zero attached hydrogens (tertiary/aromatic N) is 3. The third kappa shape index (κ3) is 12.2. The summed E-state index contributed by atoms with van der Waals surface area (Å²) < 4.78 is 5.86. The summed E-state index contributed by atoms with van der Waals surface area (Å²) in [5, 5.41) is 20.7. The van der Waals surface area contributed by atoms with Crippen LogP contribution < -0.4 is 16.0 Å². The van der Waals surface area contributed by atoms with Gasteiger partial charge in [0.2, 0.25) is 11.8 Å². The lowest BCUT2D eigenvalue weighted by Crippen LogP contribution is -2.61. The number of ether oxygens (including phenoxy) is 1. The molecule has 1 saturated heterocycles. The molecule has 0 unspecified atom stereocenters. The van der Waals surface area contributed by atoms with Crippen molar-refractivity contribution in [1.29, 1.82) is 0 Å². The van der Waals surface area contributed by atoms with Crippen LogP contribution in [0.5, 0.6) is 0 Å². The number of carbonyl (C=O) groups excluding carboxylic acids is 4. The number of β-amino-alcohol motifs (C(OH)–C–C–N with tert-alkyl or cyclic N) is 1. The summed E-state index contributed by atoms with van der Waals surface area (Å²) >= 11 is 0. The first-order valence-electron chi connectivity index (χ1n) is 19.1. The van der Waals surface area contributed by atoms with Crippen LogP contribution in [0.3, 0.4) is 0 Å². The molecule has 2 aliphatic rings. The van der Waals surface area contributed by atoms with Crippen molar-refractivity contribution in [2.45, 2.75) is 96.2 Å². The van der Waals surface area contributed by atoms with E-state index in [2.05, 4.69) is 25.8 Å². The highest BCUT2D eigenvalue weighted by molar-refractivity contribution is 5.83. The lowest BCUT2D eigenvalue weighted by molar-refractivity contribution is -0.132. The Morgan fingerprint density at radius 2 is 1.72 bits per heavy atom. The van der Waals surface area contributed by atoms with E-state index in [1.165, 1.54) is 6.92 Å². The van der Waals surface area contributed by atoms with E-state index in [9.17, 15) is 24.3 Å². The van der Waals surface area contributed by atoms with E-state index in [1.807, 2.05) is 98.6 Å². The average Bonchev–Trinajstić information content (AvgIpc) is 3.46. The Morgan fingerprint density at radius 3 is 2.44 bits per heavy atom. The van der Waals surface area contributed by atoms with E-state index < -0.39 is 41.8 Å². The number of piperazine rings is 1. The number of hydrogen-bond donors (Lipinski definition) is 4. The van der Waals surface area contributed by atoms with Gasteiger partial charge in [0.25, 0.3) is 0 Å². The monoisotopic (exact) mass is 740 g/mol. The summed E-state index contributed by atoms with van der Waals surface area (Å²) in [4.78, 5) is 60.6. The van der Waals surface area contributed by atoms with Gasteiger partial charge in [-0.25, -0.2) is 4.79 Å². The molecule has 3 amide bonds. The van der Waals surface area contributed by atoms with Crippen molar-refractivity contribution < 1.29 is 29.0 Å². The van der Waals surface area contributed by atoms with Crippen LogP contribution in [0.4, 0.5) is 4.79 Å². The van der Waals surface area contributed by atoms with E-state index in [1.54, 1.807) is 6.20 Å². The fraction of sp³-hybridized carbons (Fsp3) is 0.500. The number of carbonyl (C=O) groups is 4. The molecule has 2 heterocycles. The molecule has 0 spiro atoms. The molecule has 0 bridgehead atoms. The number of ketones is 1. The molecule has 4 N–H and O–H groups in total. The number of Topliss-reactive ketones (excluding diaryl/α,β-unsaturated/α-hetero) is 1. The van der Waals surface area contributed by atoms with Crippen molar-refractivity contribution in [2.24, 2.45) is 5.92 Å². The highest BCUT2D eigenvalue weighted by atomic mass is 16.6. The zero-order valence-electron chi connectivity index (χ0n) is 32.0. The molecule has 5 rings (SSSR count). The normalized spacial score (nSPS) is 20.0. The van der Waals surface area contributed by atoms with Gasteiger partial charge in [0.05, 0.1) is 12.1 Å². The van der Waals surface area contributed by atoms with Gasteiger partial charge in [0, 0.05) is 76.0 Å². The largest absolute Gasteiger partial charge is 0.443 e. The van der Waals surface area contributed by atoms with Crippen LogP contribution in [0, 0.1) is 5.92 Å². The number of alkyl carbamates (subject to hydrolysis) is 1. The Labute approximate surface area is 319 Å². The highest BCUT2D eigenvalue weighted by Crippen LogP contribution is 2.34. The van der Waals surface area contributed by atoms with Crippen molar-refractivity contribution in [3.8, 4) is 0 Å². The van der Waals surface area contributed by atoms with Gasteiger partial charge in [-0.2, -0.15) is 0 Å². The van der Waals surface area contributed by atoms with Crippen LogP contribution >= 0.6 is 0 Å². The van der Waals surface area contributed by atoms with Gasteiger partial charge in [0.1, 0.15) is 17.9 Å². The van der Waals surface area contributed by atoms with Crippen LogP contribution in [0.2, 0.25) is 0 Å². The van der Waals surface area contributed by atoms with Gasteiger partial charge in [-0.15, -0.1) is 0 Å². The molecule has 1 fully saturated rings. The number of amides is 3. The number of aliphatic hydroxyl groups excluding tert-OH is 1. The minimum Gasteiger partial charge on any atom is -0.443 e. The molecule has 54 heavy (non-hydrogen) atoms. The van der Waals surface area contributed by atoms with Gasteiger partial charge in [-0.05, 0) is 75.3 Å². The van der Waals surface area contributed by atoms with E-state index in [-0.39, 0.29) is 30.6 Å². The number of benzene rings is 2. The summed E-state index contributed by atoms with van der Waals surface area (Å²) in [7, 11) is 0. The fourth-order valence-corrected chi connectivity index (χ4v) is 7.36. The van der Waals surface area contributed by atoms with Crippen LogP contribution in [-0.2, 0) is 38.5 Å². The van der Waals surface area contributed by atoms with Crippen molar-refractivity contribution >= 4 is 23.7 Å². The second-order valence-electron chi connectivity index (χ2n) is 15.7. The third-order valence-electron chi connectivity index (χ3n) is 9.92. The number of aromatic nitrogens is 1. The van der Waals surface area contributed by atoms with Gasteiger partial charge in [0.15, 0.2) is 0 Å². The Balaban J connectivity index is 1.29. The van der Waals surface area contributed by atoms with Crippen molar-refractivity contribution in [1.82, 2.24) is 30.7 Å². The maximum absolute atomic E-state index is 14.3. The number of fused-ring (bicyclic) bond motifs is 1. The average molecular weight is 741 g/mol. The fourth-order valence-electron chi connectivity index (χ4n) is 7.36. The Hall–Kier alpha value is -4.65. The minimum atomic E-state index is -0.900. The molecule has 1 aliphatic carbocycles. The third-order valence-corrected chi connectivity index (χ3v) is 9.92. The lowest BCUT2D eigenvalue weighted by atomic mass is 9.91. The van der Waals surface area contributed by atoms with Gasteiger partial charge < -0.3 is 30.6 Å². The Kier molecular flexibility index (Phi) is 14.3. The zero-order chi connectivity index (χ0) is 38.7. The van der Waals surface area contributed by atoms with Gasteiger partial charge >= 0.3 is 6.09 Å². The minimum absolute atomic E-state index is 0.0552. The lowest BCUT2D eigenvalue weighted by Gasteiger charge is -2.42. The molecule has 1 aromatic heterocycles. The number of hydrogen-bond acceptors (Lipinski definition) is 9. The van der Waals surface area contributed by atoms with E-state index in [4.69, 9.17) is 4.74 Å². The molecule has 290 valence electrons. The second-order valence-corrected chi connectivity index (χ2v) is 15.7. The molecule has 1 aliphatic heterocycles. The molecular formula is C42H56N6O6. The molecule has 5 atom stereocenters. The van der Waals surface area contributed by atoms with Crippen LogP contribution in [0.25, 0.3) is 0 Å². The summed E-state index contributed by atoms with van der Waals surface area (Å²) in [6.45, 7) is 10.3. The predicted molar refractivity (Wildman–Crippen MR) is 206 cm³/mol. The van der Waals surface area contributed by atoms with Crippen LogP contribution in [-0.4, -0.2) is 100 Å². The molecule has 12 heteroatoms. The molecule has 0 radical (unpaired) electrons. The quantitative estimate of drug-likeness (QED) is 0.160. The summed E-state index contributed by atoms with van der Waals surface area (Å²) in [5.41, 5.74) is 3.47. The first kappa shape index (κ1) is 40.5. The van der Waals surface area contributed by atoms with Crippen LogP contribution in [0.15, 0.2) is 79.1 Å². The van der Waals surface area contributed by atoms with E-state index in [0.29, 0.717) is 58.4 Å². The number of nitrogens with one attached hydrogen (secondary N) is 3. The number of rotatable bonds is 16.